The number of benzene rings is 2. The number of aromatic amines is 1. The van der Waals surface area contributed by atoms with Crippen molar-refractivity contribution in [3.63, 3.8) is 0 Å². The van der Waals surface area contributed by atoms with Gasteiger partial charge in [0, 0.05) is 6.04 Å². The predicted molar refractivity (Wildman–Crippen MR) is 140 cm³/mol. The number of H-pyrrole nitrogens is 1. The van der Waals surface area contributed by atoms with Gasteiger partial charge in [-0.05, 0) is 49.4 Å². The molecule has 2 fully saturated rings. The molecule has 4 heterocycles. The first-order valence-electron chi connectivity index (χ1n) is 12.4. The maximum atomic E-state index is 14.0. The van der Waals surface area contributed by atoms with Crippen molar-refractivity contribution in [2.75, 3.05) is 4.90 Å². The van der Waals surface area contributed by atoms with E-state index >= 15 is 0 Å². The third-order valence-corrected chi connectivity index (χ3v) is 8.04. The Hall–Kier alpha value is -3.78. The van der Waals surface area contributed by atoms with Gasteiger partial charge in [-0.3, -0.25) is 9.36 Å². The van der Waals surface area contributed by atoms with Crippen LogP contribution in [0.5, 0.6) is 0 Å². The monoisotopic (exact) mass is 497 g/mol. The molecule has 1 saturated heterocycles. The first kappa shape index (κ1) is 21.5. The van der Waals surface area contributed by atoms with Gasteiger partial charge < -0.3 is 9.88 Å². The van der Waals surface area contributed by atoms with Gasteiger partial charge >= 0.3 is 0 Å². The number of hydrogen-bond acceptors (Lipinski definition) is 6. The Kier molecular flexibility index (Phi) is 5.02. The lowest BCUT2D eigenvalue weighted by atomic mass is 9.84. The van der Waals surface area contributed by atoms with Gasteiger partial charge in [-0.1, -0.05) is 48.7 Å². The maximum Gasteiger partial charge on any atom is 0.267 e. The van der Waals surface area contributed by atoms with Gasteiger partial charge in [-0.25, -0.2) is 19.9 Å². The third kappa shape index (κ3) is 3.24. The average molecular weight is 498 g/mol. The highest BCUT2D eigenvalue weighted by atomic mass is 35.5. The van der Waals surface area contributed by atoms with E-state index < -0.39 is 0 Å². The Morgan fingerprint density at radius 1 is 0.972 bits per heavy atom. The van der Waals surface area contributed by atoms with Crippen LogP contribution in [0.4, 0.5) is 5.82 Å². The smallest absolute Gasteiger partial charge is 0.267 e. The van der Waals surface area contributed by atoms with Crippen molar-refractivity contribution in [3.05, 3.63) is 82.4 Å². The van der Waals surface area contributed by atoms with Crippen LogP contribution in [0, 0.1) is 5.92 Å². The molecule has 2 aromatic carbocycles. The summed E-state index contributed by atoms with van der Waals surface area (Å²) in [5, 5.41) is 0.847. The van der Waals surface area contributed by atoms with Crippen molar-refractivity contribution in [2.24, 2.45) is 5.92 Å². The van der Waals surface area contributed by atoms with E-state index in [0.29, 0.717) is 39.4 Å². The molecule has 1 aliphatic carbocycles. The van der Waals surface area contributed by atoms with E-state index in [9.17, 15) is 4.79 Å². The predicted octanol–water partition coefficient (Wildman–Crippen LogP) is 5.22. The SMILES string of the molecule is O=c1c2c(Cl)cccc2nc([C@@H]2C[C@@H]3CCCC[C@@H]3N2c2ncnc3nc[nH]c23)n1-c1ccccc1. The topological polar surface area (TPSA) is 92.6 Å². The molecular weight excluding hydrogens is 474 g/mol. The molecule has 5 aromatic rings. The minimum atomic E-state index is -0.156. The van der Waals surface area contributed by atoms with Crippen LogP contribution in [0.15, 0.2) is 66.0 Å². The fourth-order valence-electron chi connectivity index (χ4n) is 6.20. The fraction of sp³-hybridized carbons (Fsp3) is 0.296. The van der Waals surface area contributed by atoms with Gasteiger partial charge in [-0.2, -0.15) is 0 Å². The zero-order valence-corrected chi connectivity index (χ0v) is 20.3. The molecule has 0 radical (unpaired) electrons. The van der Waals surface area contributed by atoms with Crippen LogP contribution >= 0.6 is 11.6 Å². The largest absolute Gasteiger partial charge is 0.341 e. The van der Waals surface area contributed by atoms with Crippen LogP contribution in [0.2, 0.25) is 5.02 Å². The van der Waals surface area contributed by atoms with Crippen molar-refractivity contribution in [1.29, 1.82) is 0 Å². The minimum Gasteiger partial charge on any atom is -0.341 e. The van der Waals surface area contributed by atoms with Crippen LogP contribution in [0.25, 0.3) is 27.8 Å². The molecule has 9 heteroatoms. The molecule has 1 N–H and O–H groups in total. The highest BCUT2D eigenvalue weighted by Gasteiger charge is 2.46. The number of para-hydroxylation sites is 1. The molecule has 1 saturated carbocycles. The summed E-state index contributed by atoms with van der Waals surface area (Å²) < 4.78 is 1.74. The molecule has 3 aromatic heterocycles. The number of hydrogen-bond donors (Lipinski definition) is 1. The minimum absolute atomic E-state index is 0.143. The van der Waals surface area contributed by atoms with E-state index in [-0.39, 0.29) is 11.6 Å². The normalized spacial score (nSPS) is 21.8. The first-order valence-corrected chi connectivity index (χ1v) is 12.8. The summed E-state index contributed by atoms with van der Waals surface area (Å²) in [4.78, 5) is 38.2. The number of nitrogens with zero attached hydrogens (tertiary/aromatic N) is 6. The van der Waals surface area contributed by atoms with Crippen LogP contribution < -0.4 is 10.5 Å². The average Bonchev–Trinajstić information content (AvgIpc) is 3.54. The van der Waals surface area contributed by atoms with Gasteiger partial charge in [0.25, 0.3) is 5.56 Å². The standard InChI is InChI=1S/C27H24ClN7O/c28-18-10-6-11-19-22(18)27(36)34(17-8-2-1-3-9-17)25(33-19)21-13-16-7-4-5-12-20(16)35(21)26-23-24(30-14-29-23)31-15-32-26/h1-3,6,8-11,14-16,20-21H,4-5,7,12-13H2,(H,29,30,31,32)/t16-,20-,21-/m0/s1. The quantitative estimate of drug-likeness (QED) is 0.367. The van der Waals surface area contributed by atoms with E-state index in [0.717, 1.165) is 36.3 Å². The van der Waals surface area contributed by atoms with E-state index in [1.165, 1.54) is 12.8 Å². The van der Waals surface area contributed by atoms with Gasteiger partial charge in [0.1, 0.15) is 17.7 Å². The van der Waals surface area contributed by atoms with E-state index in [1.54, 1.807) is 23.3 Å². The summed E-state index contributed by atoms with van der Waals surface area (Å²) in [5.74, 6) is 2.02. The second-order valence-electron chi connectivity index (χ2n) is 9.65. The van der Waals surface area contributed by atoms with Gasteiger partial charge in [0.2, 0.25) is 0 Å². The van der Waals surface area contributed by atoms with Crippen LogP contribution in [0.1, 0.15) is 44.0 Å². The Bertz CT molecular complexity index is 1650. The van der Waals surface area contributed by atoms with Crippen LogP contribution in [-0.4, -0.2) is 35.5 Å². The molecule has 1 aliphatic heterocycles. The summed E-state index contributed by atoms with van der Waals surface area (Å²) >= 11 is 6.52. The lowest BCUT2D eigenvalue weighted by Gasteiger charge is -2.35. The van der Waals surface area contributed by atoms with Crippen molar-refractivity contribution < 1.29 is 0 Å². The van der Waals surface area contributed by atoms with Crippen molar-refractivity contribution in [1.82, 2.24) is 29.5 Å². The summed E-state index contributed by atoms with van der Waals surface area (Å²) in [5.41, 5.74) is 2.67. The van der Waals surface area contributed by atoms with E-state index in [2.05, 4.69) is 19.9 Å². The van der Waals surface area contributed by atoms with Crippen LogP contribution in [-0.2, 0) is 0 Å². The van der Waals surface area contributed by atoms with E-state index in [1.807, 2.05) is 42.5 Å². The molecule has 0 unspecified atom stereocenters. The Balaban J connectivity index is 1.51. The van der Waals surface area contributed by atoms with Crippen molar-refractivity contribution in [2.45, 2.75) is 44.2 Å². The number of rotatable bonds is 3. The van der Waals surface area contributed by atoms with Crippen molar-refractivity contribution >= 4 is 39.5 Å². The first-order chi connectivity index (χ1) is 17.7. The molecule has 3 atom stereocenters. The highest BCUT2D eigenvalue weighted by Crippen LogP contribution is 2.48. The van der Waals surface area contributed by atoms with Crippen LogP contribution in [0.3, 0.4) is 0 Å². The fourth-order valence-corrected chi connectivity index (χ4v) is 6.45. The van der Waals surface area contributed by atoms with Crippen molar-refractivity contribution in [3.8, 4) is 5.69 Å². The second-order valence-corrected chi connectivity index (χ2v) is 10.1. The molecule has 2 aliphatic rings. The number of nitrogens with one attached hydrogen (secondary N) is 1. The summed E-state index contributed by atoms with van der Waals surface area (Å²) in [6.45, 7) is 0. The van der Waals surface area contributed by atoms with E-state index in [4.69, 9.17) is 21.6 Å². The highest BCUT2D eigenvalue weighted by molar-refractivity contribution is 6.35. The molecule has 0 bridgehead atoms. The number of halogens is 1. The molecule has 0 amide bonds. The number of anilines is 1. The lowest BCUT2D eigenvalue weighted by molar-refractivity contribution is 0.341. The zero-order chi connectivity index (χ0) is 24.2. The molecule has 180 valence electrons. The summed E-state index contributed by atoms with van der Waals surface area (Å²) in [6.07, 6.45) is 8.76. The Morgan fingerprint density at radius 3 is 2.72 bits per heavy atom. The zero-order valence-electron chi connectivity index (χ0n) is 19.5. The number of aromatic nitrogens is 6. The molecule has 36 heavy (non-hydrogen) atoms. The molecule has 0 spiro atoms. The maximum absolute atomic E-state index is 14.0. The summed E-state index contributed by atoms with van der Waals surface area (Å²) in [6, 6.07) is 15.3. The van der Waals surface area contributed by atoms with Gasteiger partial charge in [0.05, 0.1) is 34.0 Å². The molecular formula is C27H24ClN7O. The molecule has 8 nitrogen and oxygen atoms in total. The summed E-state index contributed by atoms with van der Waals surface area (Å²) in [7, 11) is 0. The number of imidazole rings is 1. The Morgan fingerprint density at radius 2 is 1.83 bits per heavy atom. The Labute approximate surface area is 212 Å². The number of fused-ring (bicyclic) bond motifs is 3. The second kappa shape index (κ2) is 8.41. The third-order valence-electron chi connectivity index (χ3n) is 7.72. The molecule has 7 rings (SSSR count). The lowest BCUT2D eigenvalue weighted by Crippen LogP contribution is -2.38. The van der Waals surface area contributed by atoms with Gasteiger partial charge in [0.15, 0.2) is 11.5 Å². The van der Waals surface area contributed by atoms with Gasteiger partial charge in [-0.15, -0.1) is 0 Å².